The fourth-order valence-corrected chi connectivity index (χ4v) is 4.07. The molecule has 0 saturated heterocycles. The number of allylic oxidation sites excluding steroid dienone is 1. The Labute approximate surface area is 177 Å². The summed E-state index contributed by atoms with van der Waals surface area (Å²) in [6, 6.07) is 0. The zero-order chi connectivity index (χ0) is 19.8. The Bertz CT molecular complexity index is 736. The number of benzene rings is 1. The largest absolute Gasteiger partial charge is 0.460 e. The van der Waals surface area contributed by atoms with Crippen molar-refractivity contribution >= 4 is 61.0 Å². The molecule has 1 aromatic carbocycles. The van der Waals surface area contributed by atoms with Gasteiger partial charge in [-0.15, -0.1) is 0 Å². The molecular weight excluding hydrogens is 521 g/mol. The highest BCUT2D eigenvalue weighted by Gasteiger charge is 2.61. The van der Waals surface area contributed by atoms with Crippen LogP contribution in [0.2, 0.25) is 10.0 Å². The lowest BCUT2D eigenvalue weighted by molar-refractivity contribution is -0.147. The summed E-state index contributed by atoms with van der Waals surface area (Å²) < 4.78 is 39.2. The minimum atomic E-state index is -0.975. The summed E-state index contributed by atoms with van der Waals surface area (Å²) in [4.78, 5) is 12.4. The number of hydrogen-bond donors (Lipinski definition) is 0. The van der Waals surface area contributed by atoms with Crippen molar-refractivity contribution in [2.45, 2.75) is 27.1 Å². The summed E-state index contributed by atoms with van der Waals surface area (Å²) in [6.45, 7) is 3.13. The molecule has 1 aliphatic rings. The zero-order valence-corrected chi connectivity index (χ0v) is 18.8. The average molecular weight is 537 g/mol. The summed E-state index contributed by atoms with van der Waals surface area (Å²) in [5, 5.41) is -0.767. The summed E-state index contributed by atoms with van der Waals surface area (Å²) in [5.41, 5.74) is -0.756. The topological polar surface area (TPSA) is 35.5 Å². The molecule has 26 heavy (non-hydrogen) atoms. The third kappa shape index (κ3) is 4.27. The first-order valence-electron chi connectivity index (χ1n) is 7.56. The molecule has 1 saturated carbocycles. The highest BCUT2D eigenvalue weighted by Crippen LogP contribution is 2.60. The van der Waals surface area contributed by atoms with Crippen LogP contribution in [0.1, 0.15) is 25.0 Å². The molecule has 0 spiro atoms. The fraction of sp³-hybridized carbons (Fsp3) is 0.471. The molecule has 9 heteroatoms. The minimum absolute atomic E-state index is 0.0211. The van der Waals surface area contributed by atoms with Gasteiger partial charge in [0.2, 0.25) is 0 Å². The van der Waals surface area contributed by atoms with Crippen molar-refractivity contribution < 1.29 is 23.0 Å². The van der Waals surface area contributed by atoms with Gasteiger partial charge in [-0.2, -0.15) is 0 Å². The summed E-state index contributed by atoms with van der Waals surface area (Å²) in [5.74, 6) is -2.82. The van der Waals surface area contributed by atoms with Gasteiger partial charge in [-0.25, -0.2) is 8.78 Å². The van der Waals surface area contributed by atoms with E-state index in [9.17, 15) is 13.6 Å². The Hall–Kier alpha value is -0.210. The van der Waals surface area contributed by atoms with E-state index in [1.165, 1.54) is 7.11 Å². The second-order valence-corrected chi connectivity index (χ2v) is 10.1. The van der Waals surface area contributed by atoms with Crippen LogP contribution in [0.3, 0.4) is 0 Å². The number of rotatable bonds is 6. The summed E-state index contributed by atoms with van der Waals surface area (Å²) in [6.07, 6.45) is 1.87. The number of esters is 1. The third-order valence-electron chi connectivity index (χ3n) is 4.56. The van der Waals surface area contributed by atoms with Gasteiger partial charge < -0.3 is 9.47 Å². The number of hydrogen-bond acceptors (Lipinski definition) is 3. The van der Waals surface area contributed by atoms with Crippen LogP contribution in [0.25, 0.3) is 0 Å². The Kier molecular flexibility index (Phi) is 7.16. The Balaban J connectivity index is 2.18. The lowest BCUT2D eigenvalue weighted by Crippen LogP contribution is -2.12. The highest BCUT2D eigenvalue weighted by atomic mass is 79.9. The van der Waals surface area contributed by atoms with Gasteiger partial charge in [0.1, 0.15) is 6.61 Å². The number of carbonyl (C=O) groups is 1. The van der Waals surface area contributed by atoms with Gasteiger partial charge >= 0.3 is 5.97 Å². The van der Waals surface area contributed by atoms with Crippen LogP contribution in [-0.4, -0.2) is 13.1 Å². The Morgan fingerprint density at radius 3 is 2.15 bits per heavy atom. The van der Waals surface area contributed by atoms with Crippen LogP contribution in [0.5, 0.6) is 0 Å². The maximum absolute atomic E-state index is 14.2. The lowest BCUT2D eigenvalue weighted by Gasteiger charge is -2.14. The first-order chi connectivity index (χ1) is 12.0. The van der Waals surface area contributed by atoms with Crippen molar-refractivity contribution in [3.63, 3.8) is 0 Å². The maximum atomic E-state index is 14.2. The molecule has 3 nitrogen and oxygen atoms in total. The van der Waals surface area contributed by atoms with Crippen LogP contribution in [-0.2, 0) is 27.5 Å². The van der Waals surface area contributed by atoms with Gasteiger partial charge in [-0.05, 0) is 43.2 Å². The van der Waals surface area contributed by atoms with E-state index >= 15 is 0 Å². The predicted molar refractivity (Wildman–Crippen MR) is 104 cm³/mol. The van der Waals surface area contributed by atoms with E-state index in [0.717, 1.165) is 3.39 Å². The Morgan fingerprint density at radius 2 is 1.69 bits per heavy atom. The van der Waals surface area contributed by atoms with Crippen LogP contribution in [0.15, 0.2) is 9.47 Å². The van der Waals surface area contributed by atoms with Crippen LogP contribution < -0.4 is 0 Å². The molecule has 0 unspecified atom stereocenters. The number of halogens is 6. The molecule has 0 N–H and O–H groups in total. The van der Waals surface area contributed by atoms with Crippen molar-refractivity contribution in [2.24, 2.45) is 17.3 Å². The molecule has 0 amide bonds. The summed E-state index contributed by atoms with van der Waals surface area (Å²) in [7, 11) is 1.30. The number of methoxy groups -OCH3 is 1. The van der Waals surface area contributed by atoms with Gasteiger partial charge in [0.25, 0.3) is 0 Å². The molecule has 0 bridgehead atoms. The van der Waals surface area contributed by atoms with Gasteiger partial charge in [0.15, 0.2) is 11.6 Å². The van der Waals surface area contributed by atoms with Crippen molar-refractivity contribution in [3.8, 4) is 0 Å². The second kappa shape index (κ2) is 8.43. The molecule has 1 aromatic rings. The van der Waals surface area contributed by atoms with E-state index in [1.54, 1.807) is 0 Å². The lowest BCUT2D eigenvalue weighted by atomic mass is 10.1. The second-order valence-electron chi connectivity index (χ2n) is 6.53. The van der Waals surface area contributed by atoms with Crippen LogP contribution in [0, 0.1) is 28.9 Å². The fourth-order valence-electron chi connectivity index (χ4n) is 2.93. The zero-order valence-electron chi connectivity index (χ0n) is 14.1. The van der Waals surface area contributed by atoms with Gasteiger partial charge in [-0.1, -0.05) is 43.1 Å². The standard InChI is InChI=1S/C17H16Br2Cl2F2O3/c1-17(2)9(4-10(18)19)11(17)16(24)26-6-7-12(20)14(22)8(5-25-3)15(23)13(7)21/h4,9,11H,5-6H2,1-3H3/t9-,11-/m0/s1. The van der Waals surface area contributed by atoms with Crippen molar-refractivity contribution in [3.05, 3.63) is 42.3 Å². The quantitative estimate of drug-likeness (QED) is 0.313. The van der Waals surface area contributed by atoms with Gasteiger partial charge in [0, 0.05) is 12.7 Å². The van der Waals surface area contributed by atoms with E-state index in [2.05, 4.69) is 31.9 Å². The number of carbonyl (C=O) groups excluding carboxylic acids is 1. The normalized spacial score (nSPS) is 20.7. The van der Waals surface area contributed by atoms with Crippen LogP contribution >= 0.6 is 55.1 Å². The van der Waals surface area contributed by atoms with E-state index in [-0.39, 0.29) is 45.0 Å². The number of ether oxygens (including phenoxy) is 2. The van der Waals surface area contributed by atoms with E-state index in [0.29, 0.717) is 0 Å². The van der Waals surface area contributed by atoms with E-state index < -0.39 is 24.2 Å². The van der Waals surface area contributed by atoms with Crippen molar-refractivity contribution in [1.29, 1.82) is 0 Å². The van der Waals surface area contributed by atoms with E-state index in [4.69, 9.17) is 32.7 Å². The molecule has 144 valence electrons. The van der Waals surface area contributed by atoms with E-state index in [1.807, 2.05) is 19.9 Å². The molecule has 1 fully saturated rings. The molecule has 2 rings (SSSR count). The third-order valence-corrected chi connectivity index (χ3v) is 5.88. The predicted octanol–water partition coefficient (Wildman–Crippen LogP) is 6.36. The molecule has 0 radical (unpaired) electrons. The molecular formula is C17H16Br2Cl2F2O3. The highest BCUT2D eigenvalue weighted by molar-refractivity contribution is 9.28. The molecule has 1 aliphatic carbocycles. The smallest absolute Gasteiger partial charge is 0.310 e. The van der Waals surface area contributed by atoms with Crippen molar-refractivity contribution in [1.82, 2.24) is 0 Å². The maximum Gasteiger partial charge on any atom is 0.310 e. The molecule has 0 heterocycles. The monoisotopic (exact) mass is 534 g/mol. The summed E-state index contributed by atoms with van der Waals surface area (Å²) >= 11 is 18.4. The van der Waals surface area contributed by atoms with Crippen LogP contribution in [0.4, 0.5) is 8.78 Å². The first kappa shape index (κ1) is 22.1. The Morgan fingerprint density at radius 1 is 1.15 bits per heavy atom. The average Bonchev–Trinajstić information content (AvgIpc) is 3.09. The molecule has 0 aromatic heterocycles. The minimum Gasteiger partial charge on any atom is -0.460 e. The molecule has 0 aliphatic heterocycles. The van der Waals surface area contributed by atoms with Gasteiger partial charge in [0.05, 0.1) is 31.5 Å². The first-order valence-corrected chi connectivity index (χ1v) is 9.90. The SMILES string of the molecule is COCc1c(F)c(Cl)c(COC(=O)[C@@H]2[C@H](C=C(Br)Br)C2(C)C)c(Cl)c1F. The van der Waals surface area contributed by atoms with Gasteiger partial charge in [-0.3, -0.25) is 4.79 Å². The molecule has 2 atom stereocenters. The van der Waals surface area contributed by atoms with Crippen molar-refractivity contribution in [2.75, 3.05) is 7.11 Å².